The number of nitro groups is 1. The average Bonchev–Trinajstić information content (AvgIpc) is 2.97. The van der Waals surface area contributed by atoms with Crippen LogP contribution in [0.2, 0.25) is 5.02 Å². The van der Waals surface area contributed by atoms with Crippen LogP contribution in [0.3, 0.4) is 0 Å². The molecule has 0 saturated heterocycles. The van der Waals surface area contributed by atoms with Gasteiger partial charge in [-0.15, -0.1) is 11.8 Å². The van der Waals surface area contributed by atoms with Gasteiger partial charge in [0.2, 0.25) is 5.91 Å². The summed E-state index contributed by atoms with van der Waals surface area (Å²) in [5, 5.41) is 19.9. The Hall–Kier alpha value is -5.00. The van der Waals surface area contributed by atoms with E-state index in [1.54, 1.807) is 72.8 Å². The summed E-state index contributed by atoms with van der Waals surface area (Å²) in [4.78, 5) is 54.2. The first-order valence-electron chi connectivity index (χ1n) is 12.1. The summed E-state index contributed by atoms with van der Waals surface area (Å²) in [6.07, 6.45) is 2.68. The van der Waals surface area contributed by atoms with E-state index in [9.17, 15) is 24.5 Å². The molecule has 0 unspecified atom stereocenters. The monoisotopic (exact) mass is 587 g/mol. The van der Waals surface area contributed by atoms with Crippen molar-refractivity contribution in [3.05, 3.63) is 129 Å². The number of nitro benzene ring substituents is 1. The maximum absolute atomic E-state index is 13.3. The van der Waals surface area contributed by atoms with Crippen LogP contribution in [-0.4, -0.2) is 33.4 Å². The number of thioether (sulfide) groups is 1. The van der Waals surface area contributed by atoms with Crippen LogP contribution in [-0.2, 0) is 9.59 Å². The molecule has 3 amide bonds. The van der Waals surface area contributed by atoms with Crippen LogP contribution in [0.4, 0.5) is 17.2 Å². The van der Waals surface area contributed by atoms with Crippen molar-refractivity contribution in [3.8, 4) is 0 Å². The second kappa shape index (κ2) is 13.9. The van der Waals surface area contributed by atoms with Gasteiger partial charge < -0.3 is 16.0 Å². The normalized spacial score (nSPS) is 10.9. The molecule has 0 aliphatic heterocycles. The molecule has 0 bridgehead atoms. The van der Waals surface area contributed by atoms with Crippen LogP contribution < -0.4 is 16.0 Å². The maximum atomic E-state index is 13.3. The van der Waals surface area contributed by atoms with Crippen molar-refractivity contribution in [2.75, 3.05) is 16.4 Å². The fourth-order valence-corrected chi connectivity index (χ4v) is 4.38. The van der Waals surface area contributed by atoms with Gasteiger partial charge in [-0.3, -0.25) is 24.5 Å². The zero-order valence-electron chi connectivity index (χ0n) is 21.2. The molecule has 1 heterocycles. The summed E-state index contributed by atoms with van der Waals surface area (Å²) in [7, 11) is 0. The predicted octanol–water partition coefficient (Wildman–Crippen LogP) is 5.78. The topological polar surface area (TPSA) is 143 Å². The average molecular weight is 588 g/mol. The third-order valence-corrected chi connectivity index (χ3v) is 6.64. The first-order chi connectivity index (χ1) is 19.8. The molecule has 12 heteroatoms. The van der Waals surface area contributed by atoms with Crippen LogP contribution in [0.15, 0.2) is 108 Å². The van der Waals surface area contributed by atoms with Gasteiger partial charge in [-0.2, -0.15) is 0 Å². The summed E-state index contributed by atoms with van der Waals surface area (Å²) < 4.78 is 0. The van der Waals surface area contributed by atoms with Crippen molar-refractivity contribution in [3.63, 3.8) is 0 Å². The van der Waals surface area contributed by atoms with Crippen LogP contribution in [0.5, 0.6) is 0 Å². The second-order valence-corrected chi connectivity index (χ2v) is 9.86. The molecule has 0 aliphatic rings. The Morgan fingerprint density at radius 1 is 0.927 bits per heavy atom. The Balaban J connectivity index is 1.49. The lowest BCUT2D eigenvalue weighted by atomic mass is 10.1. The lowest BCUT2D eigenvalue weighted by Gasteiger charge is -2.12. The zero-order chi connectivity index (χ0) is 29.2. The minimum Gasteiger partial charge on any atom is -0.321 e. The third kappa shape index (κ3) is 8.49. The lowest BCUT2D eigenvalue weighted by Crippen LogP contribution is -2.30. The molecule has 3 N–H and O–H groups in total. The van der Waals surface area contributed by atoms with Crippen LogP contribution >= 0.6 is 23.4 Å². The standard InChI is InChI=1S/C29H22ClN5O5S/c30-21-13-14-26(31-17-21)34-27(36)18-41-23-11-6-10-22(16-23)32-29(38)24(33-28(37)19-7-2-1-3-8-19)15-20-9-4-5-12-25(20)35(39)40/h1-17H,18H2,(H,32,38)(H,33,37)(H,31,34,36)/b24-15+. The van der Waals surface area contributed by atoms with E-state index in [4.69, 9.17) is 11.6 Å². The second-order valence-electron chi connectivity index (χ2n) is 8.37. The van der Waals surface area contributed by atoms with E-state index in [1.807, 2.05) is 0 Å². The number of aromatic nitrogens is 1. The Morgan fingerprint density at radius 3 is 2.41 bits per heavy atom. The molecule has 0 atom stereocenters. The van der Waals surface area contributed by atoms with E-state index in [0.29, 0.717) is 27.0 Å². The first kappa shape index (κ1) is 29.0. The fraction of sp³-hybridized carbons (Fsp3) is 0.0345. The van der Waals surface area contributed by atoms with Crippen molar-refractivity contribution in [2.24, 2.45) is 0 Å². The Bertz CT molecular complexity index is 1610. The van der Waals surface area contributed by atoms with Gasteiger partial charge in [-0.1, -0.05) is 48.0 Å². The number of nitrogens with one attached hydrogen (secondary N) is 3. The van der Waals surface area contributed by atoms with E-state index >= 15 is 0 Å². The van der Waals surface area contributed by atoms with Crippen molar-refractivity contribution in [1.29, 1.82) is 0 Å². The number of amides is 3. The van der Waals surface area contributed by atoms with Gasteiger partial charge in [0.1, 0.15) is 11.5 Å². The van der Waals surface area contributed by atoms with Gasteiger partial charge in [0.25, 0.3) is 17.5 Å². The van der Waals surface area contributed by atoms with Crippen LogP contribution in [0.1, 0.15) is 15.9 Å². The molecule has 0 saturated carbocycles. The quantitative estimate of drug-likeness (QED) is 0.0922. The van der Waals surface area contributed by atoms with Gasteiger partial charge >= 0.3 is 0 Å². The number of anilines is 2. The molecular weight excluding hydrogens is 566 g/mol. The summed E-state index contributed by atoms with van der Waals surface area (Å²) in [6.45, 7) is 0. The molecule has 206 valence electrons. The molecule has 3 aromatic carbocycles. The highest BCUT2D eigenvalue weighted by atomic mass is 35.5. The molecule has 1 aromatic heterocycles. The van der Waals surface area contributed by atoms with Gasteiger partial charge in [-0.25, -0.2) is 4.98 Å². The van der Waals surface area contributed by atoms with E-state index < -0.39 is 16.7 Å². The zero-order valence-corrected chi connectivity index (χ0v) is 22.8. The number of benzene rings is 3. The van der Waals surface area contributed by atoms with Crippen molar-refractivity contribution in [2.45, 2.75) is 4.90 Å². The highest BCUT2D eigenvalue weighted by Crippen LogP contribution is 2.24. The number of para-hydroxylation sites is 1. The van der Waals surface area contributed by atoms with Gasteiger partial charge in [0.05, 0.1) is 21.3 Å². The molecule has 0 radical (unpaired) electrons. The SMILES string of the molecule is O=C(CSc1cccc(NC(=O)/C(=C\c2ccccc2[N+](=O)[O-])NC(=O)c2ccccc2)c1)Nc1ccc(Cl)cn1. The number of nitrogens with zero attached hydrogens (tertiary/aromatic N) is 2. The van der Waals surface area contributed by atoms with Gasteiger partial charge in [-0.05, 0) is 54.6 Å². The van der Waals surface area contributed by atoms with Crippen molar-refractivity contribution in [1.82, 2.24) is 10.3 Å². The summed E-state index contributed by atoms with van der Waals surface area (Å²) in [6, 6.07) is 24.1. The number of pyridine rings is 1. The third-order valence-electron chi connectivity index (χ3n) is 5.42. The predicted molar refractivity (Wildman–Crippen MR) is 159 cm³/mol. The molecule has 4 rings (SSSR count). The number of hydrogen-bond donors (Lipinski definition) is 3. The fourth-order valence-electron chi connectivity index (χ4n) is 3.51. The Kier molecular flexibility index (Phi) is 9.81. The van der Waals surface area contributed by atoms with Gasteiger partial charge in [0.15, 0.2) is 0 Å². The van der Waals surface area contributed by atoms with Crippen LogP contribution in [0.25, 0.3) is 6.08 Å². The molecule has 10 nitrogen and oxygen atoms in total. The number of carbonyl (C=O) groups is 3. The lowest BCUT2D eigenvalue weighted by molar-refractivity contribution is -0.385. The molecule has 0 aliphatic carbocycles. The molecule has 0 fully saturated rings. The first-order valence-corrected chi connectivity index (χ1v) is 13.4. The smallest absolute Gasteiger partial charge is 0.276 e. The molecular formula is C29H22ClN5O5S. The Labute approximate surface area is 244 Å². The number of hydrogen-bond acceptors (Lipinski definition) is 7. The Morgan fingerprint density at radius 2 is 1.68 bits per heavy atom. The minimum atomic E-state index is -0.693. The summed E-state index contributed by atoms with van der Waals surface area (Å²) in [5.74, 6) is -1.08. The molecule has 4 aromatic rings. The van der Waals surface area contributed by atoms with Crippen molar-refractivity contribution >= 4 is 64.4 Å². The summed E-state index contributed by atoms with van der Waals surface area (Å²) >= 11 is 7.05. The van der Waals surface area contributed by atoms with Crippen LogP contribution in [0, 0.1) is 10.1 Å². The maximum Gasteiger partial charge on any atom is 0.276 e. The van der Waals surface area contributed by atoms with E-state index in [2.05, 4.69) is 20.9 Å². The molecule has 41 heavy (non-hydrogen) atoms. The molecule has 0 spiro atoms. The number of halogens is 1. The number of carbonyl (C=O) groups excluding carboxylic acids is 3. The van der Waals surface area contributed by atoms with E-state index in [-0.39, 0.29) is 28.6 Å². The highest BCUT2D eigenvalue weighted by Gasteiger charge is 2.18. The number of rotatable bonds is 10. The minimum absolute atomic E-state index is 0.0810. The van der Waals surface area contributed by atoms with E-state index in [0.717, 1.165) is 0 Å². The largest absolute Gasteiger partial charge is 0.321 e. The van der Waals surface area contributed by atoms with Crippen molar-refractivity contribution < 1.29 is 19.3 Å². The van der Waals surface area contributed by atoms with Gasteiger partial charge in [0, 0.05) is 28.4 Å². The van der Waals surface area contributed by atoms with E-state index in [1.165, 1.54) is 42.2 Å². The summed E-state index contributed by atoms with van der Waals surface area (Å²) in [5.41, 5.74) is 0.418. The highest BCUT2D eigenvalue weighted by molar-refractivity contribution is 8.00.